The van der Waals surface area contributed by atoms with Gasteiger partial charge < -0.3 is 9.47 Å². The first kappa shape index (κ1) is 17.0. The van der Waals surface area contributed by atoms with Crippen LogP contribution in [-0.2, 0) is 11.8 Å². The molecule has 0 aliphatic carbocycles. The zero-order chi connectivity index (χ0) is 17.1. The van der Waals surface area contributed by atoms with Crippen molar-refractivity contribution in [3.05, 3.63) is 29.8 Å². The molecule has 1 aliphatic heterocycles. The SMILES string of the molecule is Cc1ccc(-c2nnc(SCC(=O)N3CCC[C@@H](C)C3)n2C)cc1. The van der Waals surface area contributed by atoms with Crippen LogP contribution in [0.2, 0.25) is 0 Å². The fourth-order valence-electron chi connectivity index (χ4n) is 3.03. The van der Waals surface area contributed by atoms with Crippen LogP contribution in [0, 0.1) is 12.8 Å². The molecule has 1 amide bonds. The van der Waals surface area contributed by atoms with Crippen LogP contribution in [-0.4, -0.2) is 44.4 Å². The number of amides is 1. The normalized spacial score (nSPS) is 18.0. The number of piperidine rings is 1. The number of likely N-dealkylation sites (tertiary alicyclic amines) is 1. The van der Waals surface area contributed by atoms with E-state index in [4.69, 9.17) is 0 Å². The van der Waals surface area contributed by atoms with Gasteiger partial charge in [-0.15, -0.1) is 10.2 Å². The molecular weight excluding hydrogens is 320 g/mol. The number of carbonyl (C=O) groups excluding carboxylic acids is 1. The molecule has 1 saturated heterocycles. The maximum atomic E-state index is 12.4. The highest BCUT2D eigenvalue weighted by atomic mass is 32.2. The van der Waals surface area contributed by atoms with Crippen LogP contribution in [0.5, 0.6) is 0 Å². The number of rotatable bonds is 4. The third-order valence-electron chi connectivity index (χ3n) is 4.48. The van der Waals surface area contributed by atoms with E-state index in [0.29, 0.717) is 11.7 Å². The first-order valence-electron chi connectivity index (χ1n) is 8.41. The van der Waals surface area contributed by atoms with Gasteiger partial charge in [-0.1, -0.05) is 48.5 Å². The number of hydrogen-bond donors (Lipinski definition) is 0. The molecule has 1 aliphatic rings. The van der Waals surface area contributed by atoms with Gasteiger partial charge in [-0.3, -0.25) is 4.79 Å². The summed E-state index contributed by atoms with van der Waals surface area (Å²) in [6.07, 6.45) is 2.33. The lowest BCUT2D eigenvalue weighted by Crippen LogP contribution is -2.40. The van der Waals surface area contributed by atoms with Gasteiger partial charge in [-0.25, -0.2) is 0 Å². The first-order valence-corrected chi connectivity index (χ1v) is 9.40. The van der Waals surface area contributed by atoms with E-state index < -0.39 is 0 Å². The Morgan fingerprint density at radius 3 is 2.75 bits per heavy atom. The predicted molar refractivity (Wildman–Crippen MR) is 96.9 cm³/mol. The molecule has 2 heterocycles. The van der Waals surface area contributed by atoms with Crippen molar-refractivity contribution in [2.45, 2.75) is 31.8 Å². The Morgan fingerprint density at radius 2 is 2.04 bits per heavy atom. The Bertz CT molecular complexity index is 710. The number of carbonyl (C=O) groups is 1. The summed E-state index contributed by atoms with van der Waals surface area (Å²) in [7, 11) is 1.95. The highest BCUT2D eigenvalue weighted by molar-refractivity contribution is 7.99. The smallest absolute Gasteiger partial charge is 0.233 e. The fourth-order valence-corrected chi connectivity index (χ4v) is 3.84. The molecule has 0 bridgehead atoms. The molecule has 3 rings (SSSR count). The molecule has 1 aromatic carbocycles. The predicted octanol–water partition coefficient (Wildman–Crippen LogP) is 3.14. The molecule has 1 atom stereocenters. The molecule has 128 valence electrons. The number of aromatic nitrogens is 3. The van der Waals surface area contributed by atoms with Crippen LogP contribution >= 0.6 is 11.8 Å². The van der Waals surface area contributed by atoms with Crippen molar-refractivity contribution in [3.8, 4) is 11.4 Å². The average Bonchev–Trinajstić information content (AvgIpc) is 2.94. The zero-order valence-electron chi connectivity index (χ0n) is 14.5. The summed E-state index contributed by atoms with van der Waals surface area (Å²) in [6, 6.07) is 8.23. The lowest BCUT2D eigenvalue weighted by atomic mass is 10.0. The van der Waals surface area contributed by atoms with E-state index in [2.05, 4.69) is 36.2 Å². The van der Waals surface area contributed by atoms with Crippen LogP contribution in [0.25, 0.3) is 11.4 Å². The summed E-state index contributed by atoms with van der Waals surface area (Å²) >= 11 is 1.47. The van der Waals surface area contributed by atoms with E-state index in [-0.39, 0.29) is 5.91 Å². The van der Waals surface area contributed by atoms with E-state index in [0.717, 1.165) is 36.1 Å². The van der Waals surface area contributed by atoms with Gasteiger partial charge in [0.1, 0.15) is 0 Å². The van der Waals surface area contributed by atoms with E-state index in [9.17, 15) is 4.79 Å². The number of thioether (sulfide) groups is 1. The van der Waals surface area contributed by atoms with Gasteiger partial charge >= 0.3 is 0 Å². The Hall–Kier alpha value is -1.82. The van der Waals surface area contributed by atoms with E-state index in [1.807, 2.05) is 28.6 Å². The molecule has 1 aromatic heterocycles. The summed E-state index contributed by atoms with van der Waals surface area (Å²) in [5.74, 6) is 2.06. The van der Waals surface area contributed by atoms with Crippen LogP contribution in [0.15, 0.2) is 29.4 Å². The summed E-state index contributed by atoms with van der Waals surface area (Å²) in [5, 5.41) is 9.32. The van der Waals surface area contributed by atoms with Crippen molar-refractivity contribution in [3.63, 3.8) is 0 Å². The molecule has 2 aromatic rings. The van der Waals surface area contributed by atoms with Gasteiger partial charge in [-0.2, -0.15) is 0 Å². The number of hydrogen-bond acceptors (Lipinski definition) is 4. The molecule has 5 nitrogen and oxygen atoms in total. The Labute approximate surface area is 147 Å². The highest BCUT2D eigenvalue weighted by Crippen LogP contribution is 2.24. The Morgan fingerprint density at radius 1 is 1.29 bits per heavy atom. The second kappa shape index (κ2) is 7.38. The van der Waals surface area contributed by atoms with Gasteiger partial charge in [0.05, 0.1) is 5.75 Å². The number of aryl methyl sites for hydroxylation is 1. The second-order valence-electron chi connectivity index (χ2n) is 6.61. The summed E-state index contributed by atoms with van der Waals surface area (Å²) in [6.45, 7) is 6.04. The lowest BCUT2D eigenvalue weighted by Gasteiger charge is -2.30. The Balaban J connectivity index is 1.64. The maximum Gasteiger partial charge on any atom is 0.233 e. The van der Waals surface area contributed by atoms with E-state index >= 15 is 0 Å². The van der Waals surface area contributed by atoms with E-state index in [1.165, 1.54) is 23.7 Å². The maximum absolute atomic E-state index is 12.4. The van der Waals surface area contributed by atoms with Gasteiger partial charge in [0.25, 0.3) is 0 Å². The van der Waals surface area contributed by atoms with Crippen molar-refractivity contribution in [1.82, 2.24) is 19.7 Å². The second-order valence-corrected chi connectivity index (χ2v) is 7.55. The third kappa shape index (κ3) is 3.80. The quantitative estimate of drug-likeness (QED) is 0.800. The molecule has 24 heavy (non-hydrogen) atoms. The molecular formula is C18H24N4OS. The van der Waals surface area contributed by atoms with Crippen LogP contribution < -0.4 is 0 Å². The van der Waals surface area contributed by atoms with Crippen molar-refractivity contribution in [2.24, 2.45) is 13.0 Å². The van der Waals surface area contributed by atoms with Gasteiger partial charge in [0.2, 0.25) is 5.91 Å². The van der Waals surface area contributed by atoms with Crippen molar-refractivity contribution in [2.75, 3.05) is 18.8 Å². The molecule has 6 heteroatoms. The van der Waals surface area contributed by atoms with E-state index in [1.54, 1.807) is 0 Å². The van der Waals surface area contributed by atoms with Gasteiger partial charge in [0.15, 0.2) is 11.0 Å². The highest BCUT2D eigenvalue weighted by Gasteiger charge is 2.21. The molecule has 0 unspecified atom stereocenters. The van der Waals surface area contributed by atoms with Crippen LogP contribution in [0.3, 0.4) is 0 Å². The van der Waals surface area contributed by atoms with Gasteiger partial charge in [-0.05, 0) is 25.7 Å². The topological polar surface area (TPSA) is 51.0 Å². The molecule has 1 fully saturated rings. The first-order chi connectivity index (χ1) is 11.5. The lowest BCUT2D eigenvalue weighted by molar-refractivity contribution is -0.130. The number of benzene rings is 1. The average molecular weight is 344 g/mol. The minimum atomic E-state index is 0.200. The summed E-state index contributed by atoms with van der Waals surface area (Å²) in [5.41, 5.74) is 2.26. The number of nitrogens with zero attached hydrogens (tertiary/aromatic N) is 4. The molecule has 0 saturated carbocycles. The largest absolute Gasteiger partial charge is 0.342 e. The Kier molecular flexibility index (Phi) is 5.23. The minimum Gasteiger partial charge on any atom is -0.342 e. The molecule has 0 radical (unpaired) electrons. The van der Waals surface area contributed by atoms with Crippen molar-refractivity contribution in [1.29, 1.82) is 0 Å². The van der Waals surface area contributed by atoms with Crippen molar-refractivity contribution >= 4 is 17.7 Å². The van der Waals surface area contributed by atoms with Crippen LogP contribution in [0.1, 0.15) is 25.3 Å². The monoisotopic (exact) mass is 344 g/mol. The van der Waals surface area contributed by atoms with Crippen molar-refractivity contribution < 1.29 is 4.79 Å². The minimum absolute atomic E-state index is 0.200. The standard InChI is InChI=1S/C18H24N4OS/c1-13-6-8-15(9-7-13)17-19-20-18(21(17)3)24-12-16(23)22-10-4-5-14(2)11-22/h6-9,14H,4-5,10-12H2,1-3H3/t14-/m1/s1. The summed E-state index contributed by atoms with van der Waals surface area (Å²) in [4.78, 5) is 14.4. The fraction of sp³-hybridized carbons (Fsp3) is 0.500. The van der Waals surface area contributed by atoms with Gasteiger partial charge in [0, 0.05) is 25.7 Å². The zero-order valence-corrected chi connectivity index (χ0v) is 15.3. The third-order valence-corrected chi connectivity index (χ3v) is 5.48. The molecule has 0 N–H and O–H groups in total. The summed E-state index contributed by atoms with van der Waals surface area (Å²) < 4.78 is 1.96. The van der Waals surface area contributed by atoms with Crippen LogP contribution in [0.4, 0.5) is 0 Å². The molecule has 0 spiro atoms.